The Hall–Kier alpha value is -0.330. The zero-order valence-corrected chi connectivity index (χ0v) is 13.0. The van der Waals surface area contributed by atoms with Crippen molar-refractivity contribution in [3.63, 3.8) is 0 Å². The third-order valence-electron chi connectivity index (χ3n) is 3.16. The van der Waals surface area contributed by atoms with E-state index >= 15 is 0 Å². The molecule has 3 nitrogen and oxygen atoms in total. The molecule has 8 heteroatoms. The molecule has 0 saturated carbocycles. The molecule has 20 heavy (non-hydrogen) atoms. The van der Waals surface area contributed by atoms with Crippen LogP contribution in [-0.4, -0.2) is 42.9 Å². The van der Waals surface area contributed by atoms with Gasteiger partial charge in [-0.15, -0.1) is 24.8 Å². The highest BCUT2D eigenvalue weighted by molar-refractivity contribution is 6.30. The Morgan fingerprint density at radius 2 is 1.90 bits per heavy atom. The van der Waals surface area contributed by atoms with Crippen LogP contribution in [0.4, 0.5) is 8.78 Å². The number of aromatic hydroxyl groups is 1. The Balaban J connectivity index is 0.00000180. The number of rotatable bonds is 3. The lowest BCUT2D eigenvalue weighted by Gasteiger charge is -2.34. The molecule has 0 bridgehead atoms. The first-order chi connectivity index (χ1) is 8.63. The number of nitrogens with one attached hydrogen (secondary N) is 1. The topological polar surface area (TPSA) is 35.5 Å². The van der Waals surface area contributed by atoms with Crippen molar-refractivity contribution in [1.82, 2.24) is 10.2 Å². The molecule has 116 valence electrons. The number of phenolic OH excluding ortho intramolecular Hbond substituents is 1. The van der Waals surface area contributed by atoms with E-state index in [0.717, 1.165) is 19.2 Å². The van der Waals surface area contributed by atoms with Crippen molar-refractivity contribution < 1.29 is 13.9 Å². The second-order valence-electron chi connectivity index (χ2n) is 4.28. The monoisotopic (exact) mass is 348 g/mol. The molecule has 0 unspecified atom stereocenters. The minimum absolute atomic E-state index is 0. The second-order valence-corrected chi connectivity index (χ2v) is 4.72. The Morgan fingerprint density at radius 3 is 2.45 bits per heavy atom. The van der Waals surface area contributed by atoms with E-state index in [1.54, 1.807) is 0 Å². The van der Waals surface area contributed by atoms with E-state index in [1.807, 2.05) is 4.90 Å². The van der Waals surface area contributed by atoms with Crippen LogP contribution in [0.3, 0.4) is 0 Å². The Kier molecular flexibility index (Phi) is 8.70. The van der Waals surface area contributed by atoms with Crippen molar-refractivity contribution in [2.45, 2.75) is 6.04 Å². The van der Waals surface area contributed by atoms with E-state index in [9.17, 15) is 13.9 Å². The molecule has 0 amide bonds. The molecule has 1 aromatic carbocycles. The van der Waals surface area contributed by atoms with Crippen molar-refractivity contribution in [2.75, 3.05) is 32.9 Å². The number of halogens is 5. The molecule has 0 radical (unpaired) electrons. The van der Waals surface area contributed by atoms with Gasteiger partial charge in [0.25, 0.3) is 0 Å². The van der Waals surface area contributed by atoms with Crippen molar-refractivity contribution in [2.24, 2.45) is 0 Å². The molecular weight excluding hydrogens is 333 g/mol. The summed E-state index contributed by atoms with van der Waals surface area (Å²) in [6.07, 6.45) is 0. The van der Waals surface area contributed by atoms with Crippen molar-refractivity contribution >= 4 is 36.4 Å². The predicted molar refractivity (Wildman–Crippen MR) is 80.7 cm³/mol. The van der Waals surface area contributed by atoms with Crippen LogP contribution in [0, 0.1) is 5.82 Å². The van der Waals surface area contributed by atoms with Gasteiger partial charge in [-0.1, -0.05) is 11.6 Å². The van der Waals surface area contributed by atoms with Gasteiger partial charge in [0.1, 0.15) is 6.67 Å². The summed E-state index contributed by atoms with van der Waals surface area (Å²) in [6.45, 7) is 2.12. The fourth-order valence-corrected chi connectivity index (χ4v) is 2.42. The number of phenols is 1. The van der Waals surface area contributed by atoms with Crippen LogP contribution in [-0.2, 0) is 0 Å². The van der Waals surface area contributed by atoms with Gasteiger partial charge in [-0.25, -0.2) is 8.78 Å². The van der Waals surface area contributed by atoms with E-state index < -0.39 is 24.3 Å². The number of benzene rings is 1. The molecule has 1 heterocycles. The van der Waals surface area contributed by atoms with Gasteiger partial charge in [-0.2, -0.15) is 0 Å². The molecule has 2 rings (SSSR count). The normalized spacial score (nSPS) is 16.9. The molecular formula is C12H17Cl3F2N2O. The van der Waals surface area contributed by atoms with Gasteiger partial charge in [-0.05, 0) is 12.1 Å². The summed E-state index contributed by atoms with van der Waals surface area (Å²) in [5.41, 5.74) is 0.212. The SMILES string of the molecule is Cl.Cl.Oc1c(F)cc(Cl)cc1[C@H](CF)N1CCNCC1. The molecule has 0 aromatic heterocycles. The zero-order valence-electron chi connectivity index (χ0n) is 10.6. The third-order valence-corrected chi connectivity index (χ3v) is 3.37. The van der Waals surface area contributed by atoms with Gasteiger partial charge in [-0.3, -0.25) is 4.90 Å². The molecule has 0 aliphatic carbocycles. The first kappa shape index (κ1) is 19.7. The summed E-state index contributed by atoms with van der Waals surface area (Å²) in [6, 6.07) is 1.79. The first-order valence-corrected chi connectivity index (χ1v) is 6.20. The molecule has 1 aliphatic rings. The lowest BCUT2D eigenvalue weighted by molar-refractivity contribution is 0.144. The Bertz CT molecular complexity index is 431. The second kappa shape index (κ2) is 8.85. The summed E-state index contributed by atoms with van der Waals surface area (Å²) >= 11 is 5.76. The molecule has 2 N–H and O–H groups in total. The van der Waals surface area contributed by atoms with Crippen molar-refractivity contribution in [1.29, 1.82) is 0 Å². The smallest absolute Gasteiger partial charge is 0.166 e. The highest BCUT2D eigenvalue weighted by Gasteiger charge is 2.26. The summed E-state index contributed by atoms with van der Waals surface area (Å²) < 4.78 is 26.6. The van der Waals surface area contributed by atoms with Gasteiger partial charge in [0.2, 0.25) is 0 Å². The van der Waals surface area contributed by atoms with Crippen LogP contribution in [0.15, 0.2) is 12.1 Å². The predicted octanol–water partition coefficient (Wildman–Crippen LogP) is 2.94. The van der Waals surface area contributed by atoms with Gasteiger partial charge >= 0.3 is 0 Å². The fraction of sp³-hybridized carbons (Fsp3) is 0.500. The maximum atomic E-state index is 13.4. The van der Waals surface area contributed by atoms with Crippen molar-refractivity contribution in [3.05, 3.63) is 28.5 Å². The quantitative estimate of drug-likeness (QED) is 0.881. The van der Waals surface area contributed by atoms with E-state index in [-0.39, 0.29) is 35.4 Å². The fourth-order valence-electron chi connectivity index (χ4n) is 2.21. The van der Waals surface area contributed by atoms with Gasteiger partial charge in [0.15, 0.2) is 11.6 Å². The largest absolute Gasteiger partial charge is 0.505 e. The minimum atomic E-state index is -0.814. The van der Waals surface area contributed by atoms with Gasteiger partial charge in [0, 0.05) is 36.8 Å². The van der Waals surface area contributed by atoms with E-state index in [0.29, 0.717) is 13.1 Å². The first-order valence-electron chi connectivity index (χ1n) is 5.82. The lowest BCUT2D eigenvalue weighted by atomic mass is 10.0. The number of nitrogens with zero attached hydrogens (tertiary/aromatic N) is 1. The van der Waals surface area contributed by atoms with Crippen LogP contribution in [0.1, 0.15) is 11.6 Å². The summed E-state index contributed by atoms with van der Waals surface area (Å²) in [5, 5.41) is 13.0. The van der Waals surface area contributed by atoms with E-state index in [1.165, 1.54) is 6.07 Å². The molecule has 1 aromatic rings. The Labute approximate surface area is 134 Å². The maximum Gasteiger partial charge on any atom is 0.166 e. The van der Waals surface area contributed by atoms with Crippen LogP contribution >= 0.6 is 36.4 Å². The highest BCUT2D eigenvalue weighted by Crippen LogP contribution is 2.34. The Morgan fingerprint density at radius 1 is 1.30 bits per heavy atom. The van der Waals surface area contributed by atoms with Gasteiger partial charge < -0.3 is 10.4 Å². The highest BCUT2D eigenvalue weighted by atomic mass is 35.5. The van der Waals surface area contributed by atoms with Gasteiger partial charge in [0.05, 0.1) is 6.04 Å². The number of hydrogen-bond donors (Lipinski definition) is 2. The van der Waals surface area contributed by atoms with Crippen LogP contribution in [0.5, 0.6) is 5.75 Å². The number of piperazine rings is 1. The number of alkyl halides is 1. The standard InChI is InChI=1S/C12H15ClF2N2O.2ClH/c13-8-5-9(12(18)10(15)6-8)11(7-14)17-3-1-16-2-4-17;;/h5-6,11,16,18H,1-4,7H2;2*1H/t11-;;/m0../s1. The third kappa shape index (κ3) is 4.33. The molecule has 1 fully saturated rings. The van der Waals surface area contributed by atoms with Crippen LogP contribution in [0.2, 0.25) is 5.02 Å². The van der Waals surface area contributed by atoms with Crippen LogP contribution in [0.25, 0.3) is 0 Å². The summed E-state index contributed by atoms with van der Waals surface area (Å²) in [5.74, 6) is -1.33. The minimum Gasteiger partial charge on any atom is -0.505 e. The summed E-state index contributed by atoms with van der Waals surface area (Å²) in [4.78, 5) is 1.88. The zero-order chi connectivity index (χ0) is 13.1. The molecule has 1 aliphatic heterocycles. The van der Waals surface area contributed by atoms with Crippen molar-refractivity contribution in [3.8, 4) is 5.75 Å². The number of hydrogen-bond acceptors (Lipinski definition) is 3. The van der Waals surface area contributed by atoms with Crippen LogP contribution < -0.4 is 5.32 Å². The molecule has 1 atom stereocenters. The average molecular weight is 350 g/mol. The van der Waals surface area contributed by atoms with E-state index in [4.69, 9.17) is 11.6 Å². The van der Waals surface area contributed by atoms with E-state index in [2.05, 4.69) is 5.32 Å². The average Bonchev–Trinajstić information content (AvgIpc) is 2.37. The summed E-state index contributed by atoms with van der Waals surface area (Å²) in [7, 11) is 0. The maximum absolute atomic E-state index is 13.4. The molecule has 0 spiro atoms. The lowest BCUT2D eigenvalue weighted by Crippen LogP contribution is -2.45. The molecule has 1 saturated heterocycles.